The largest absolute Gasteiger partial charge is 0.298 e. The molecule has 1 aliphatic rings. The number of carbonyl (C=O) groups excluding carboxylic acids is 2. The number of hydrogen-bond acceptors (Lipinski definition) is 3. The van der Waals surface area contributed by atoms with Crippen LogP contribution in [0.25, 0.3) is 5.57 Å². The average molecular weight is 365 g/mol. The Morgan fingerprint density at radius 1 is 0.750 bits per heavy atom. The number of aliphatic imine (C=N–C) groups is 1. The summed E-state index contributed by atoms with van der Waals surface area (Å²) in [5.74, 6) is 0. The van der Waals surface area contributed by atoms with E-state index >= 15 is 0 Å². The van der Waals surface area contributed by atoms with Crippen molar-refractivity contribution in [2.45, 2.75) is 12.5 Å². The summed E-state index contributed by atoms with van der Waals surface area (Å²) in [6.07, 6.45) is 4.56. The summed E-state index contributed by atoms with van der Waals surface area (Å²) < 4.78 is 0. The molecule has 4 rings (SSSR count). The quantitative estimate of drug-likeness (QED) is 0.574. The van der Waals surface area contributed by atoms with Crippen LogP contribution in [0.15, 0.2) is 89.9 Å². The topological polar surface area (TPSA) is 46.5 Å². The molecule has 0 bridgehead atoms. The molecule has 28 heavy (non-hydrogen) atoms. The zero-order valence-corrected chi connectivity index (χ0v) is 15.3. The van der Waals surface area contributed by atoms with Crippen LogP contribution in [0.4, 0.5) is 0 Å². The first-order valence-corrected chi connectivity index (χ1v) is 9.21. The van der Waals surface area contributed by atoms with Crippen molar-refractivity contribution in [1.29, 1.82) is 0 Å². The lowest BCUT2D eigenvalue weighted by molar-refractivity contribution is 0.111. The summed E-state index contributed by atoms with van der Waals surface area (Å²) in [7, 11) is 0. The summed E-state index contributed by atoms with van der Waals surface area (Å²) >= 11 is 0. The van der Waals surface area contributed by atoms with Gasteiger partial charge in [-0.05, 0) is 41.3 Å². The van der Waals surface area contributed by atoms with Gasteiger partial charge in [0.05, 0.1) is 11.8 Å². The van der Waals surface area contributed by atoms with Crippen LogP contribution in [-0.2, 0) is 0 Å². The first-order valence-electron chi connectivity index (χ1n) is 9.21. The summed E-state index contributed by atoms with van der Waals surface area (Å²) in [5, 5.41) is 0. The number of carbonyl (C=O) groups is 2. The lowest BCUT2D eigenvalue weighted by Gasteiger charge is -2.22. The van der Waals surface area contributed by atoms with E-state index in [0.29, 0.717) is 11.1 Å². The number of nitrogens with zero attached hydrogens (tertiary/aromatic N) is 1. The molecule has 0 fully saturated rings. The van der Waals surface area contributed by atoms with Crippen molar-refractivity contribution in [3.05, 3.63) is 113 Å². The Bertz CT molecular complexity index is 1080. The van der Waals surface area contributed by atoms with Gasteiger partial charge in [-0.25, -0.2) is 0 Å². The second kappa shape index (κ2) is 7.97. The van der Waals surface area contributed by atoms with E-state index in [4.69, 9.17) is 4.99 Å². The minimum atomic E-state index is -0.0880. The highest BCUT2D eigenvalue weighted by Crippen LogP contribution is 2.35. The molecule has 1 heterocycles. The van der Waals surface area contributed by atoms with E-state index in [2.05, 4.69) is 18.2 Å². The lowest BCUT2D eigenvalue weighted by atomic mass is 9.89. The Kier molecular flexibility index (Phi) is 5.07. The summed E-state index contributed by atoms with van der Waals surface area (Å²) in [4.78, 5) is 27.4. The zero-order chi connectivity index (χ0) is 19.3. The normalized spacial score (nSPS) is 16.1. The van der Waals surface area contributed by atoms with Crippen molar-refractivity contribution >= 4 is 23.9 Å². The van der Waals surface area contributed by atoms with E-state index in [-0.39, 0.29) is 6.04 Å². The van der Waals surface area contributed by atoms with Gasteiger partial charge >= 0.3 is 0 Å². The molecule has 3 aromatic rings. The Balaban J connectivity index is 1.81. The molecule has 3 heteroatoms. The van der Waals surface area contributed by atoms with Gasteiger partial charge in [0.1, 0.15) is 12.6 Å². The maximum Gasteiger partial charge on any atom is 0.150 e. The summed E-state index contributed by atoms with van der Waals surface area (Å²) in [5.41, 5.74) is 6.37. The van der Waals surface area contributed by atoms with Gasteiger partial charge in [0.2, 0.25) is 0 Å². The second-order valence-corrected chi connectivity index (χ2v) is 6.80. The van der Waals surface area contributed by atoms with Crippen LogP contribution < -0.4 is 0 Å². The van der Waals surface area contributed by atoms with E-state index in [9.17, 15) is 9.59 Å². The van der Waals surface area contributed by atoms with Crippen molar-refractivity contribution in [2.24, 2.45) is 4.99 Å². The van der Waals surface area contributed by atoms with Crippen LogP contribution in [0, 0.1) is 0 Å². The molecule has 0 radical (unpaired) electrons. The monoisotopic (exact) mass is 365 g/mol. The number of benzene rings is 3. The molecule has 0 aliphatic carbocycles. The number of aldehydes is 2. The maximum absolute atomic E-state index is 11.2. The molecule has 0 amide bonds. The zero-order valence-electron chi connectivity index (χ0n) is 15.3. The first kappa shape index (κ1) is 17.8. The van der Waals surface area contributed by atoms with Crippen molar-refractivity contribution in [1.82, 2.24) is 0 Å². The van der Waals surface area contributed by atoms with Crippen molar-refractivity contribution in [3.8, 4) is 0 Å². The van der Waals surface area contributed by atoms with Crippen LogP contribution in [-0.4, -0.2) is 18.3 Å². The summed E-state index contributed by atoms with van der Waals surface area (Å²) in [6.45, 7) is 0. The fourth-order valence-electron chi connectivity index (χ4n) is 3.50. The van der Waals surface area contributed by atoms with E-state index in [1.165, 1.54) is 5.57 Å². The molecule has 0 aromatic heterocycles. The molecule has 1 unspecified atom stereocenters. The van der Waals surface area contributed by atoms with E-state index in [1.54, 1.807) is 12.1 Å². The molecular weight excluding hydrogens is 346 g/mol. The van der Waals surface area contributed by atoms with Crippen LogP contribution in [0.5, 0.6) is 0 Å². The molecule has 3 aromatic carbocycles. The SMILES string of the molecule is O=Cc1cccc(C2=NC(c3cccc(C=O)c3)CC(c3ccccc3)=C2)c1. The third kappa shape index (κ3) is 3.74. The van der Waals surface area contributed by atoms with E-state index in [1.807, 2.05) is 54.6 Å². The van der Waals surface area contributed by atoms with Crippen molar-refractivity contribution in [3.63, 3.8) is 0 Å². The van der Waals surface area contributed by atoms with Gasteiger partial charge in [-0.1, -0.05) is 66.7 Å². The predicted octanol–water partition coefficient (Wildman–Crippen LogP) is 5.33. The lowest BCUT2D eigenvalue weighted by Crippen LogP contribution is -2.11. The number of dihydropyridines is 1. The maximum atomic E-state index is 11.2. The fraction of sp³-hybridized carbons (Fsp3) is 0.0800. The average Bonchev–Trinajstić information content (AvgIpc) is 2.79. The molecule has 0 saturated heterocycles. The van der Waals surface area contributed by atoms with Gasteiger partial charge in [-0.3, -0.25) is 14.6 Å². The van der Waals surface area contributed by atoms with Crippen molar-refractivity contribution in [2.75, 3.05) is 0 Å². The molecule has 3 nitrogen and oxygen atoms in total. The van der Waals surface area contributed by atoms with Crippen molar-refractivity contribution < 1.29 is 9.59 Å². The molecule has 0 spiro atoms. The van der Waals surface area contributed by atoms with Gasteiger partial charge in [-0.15, -0.1) is 0 Å². The van der Waals surface area contributed by atoms with Gasteiger partial charge in [-0.2, -0.15) is 0 Å². The van der Waals surface area contributed by atoms with Crippen LogP contribution in [0.3, 0.4) is 0 Å². The molecule has 0 N–H and O–H groups in total. The van der Waals surface area contributed by atoms with Gasteiger partial charge in [0, 0.05) is 16.7 Å². The Morgan fingerprint density at radius 3 is 2.18 bits per heavy atom. The second-order valence-electron chi connectivity index (χ2n) is 6.80. The number of rotatable bonds is 5. The third-order valence-electron chi connectivity index (χ3n) is 4.91. The fourth-order valence-corrected chi connectivity index (χ4v) is 3.50. The standard InChI is InChI=1S/C25H19NO2/c27-16-18-6-4-10-21(12-18)24-14-23(20-8-2-1-3-9-20)15-25(26-24)22-11-5-7-19(13-22)17-28/h1-14,16-17,25H,15H2. The minimum absolute atomic E-state index is 0.0880. The molecule has 136 valence electrons. The van der Waals surface area contributed by atoms with Crippen LogP contribution in [0.1, 0.15) is 49.9 Å². The molecule has 0 saturated carbocycles. The van der Waals surface area contributed by atoms with Gasteiger partial charge in [0.15, 0.2) is 0 Å². The molecule has 1 atom stereocenters. The van der Waals surface area contributed by atoms with E-state index < -0.39 is 0 Å². The van der Waals surface area contributed by atoms with Crippen LogP contribution >= 0.6 is 0 Å². The Labute approximate surface area is 164 Å². The highest BCUT2D eigenvalue weighted by molar-refractivity contribution is 6.13. The van der Waals surface area contributed by atoms with Crippen LogP contribution in [0.2, 0.25) is 0 Å². The first-order chi connectivity index (χ1) is 13.8. The minimum Gasteiger partial charge on any atom is -0.298 e. The van der Waals surface area contributed by atoms with Gasteiger partial charge < -0.3 is 0 Å². The van der Waals surface area contributed by atoms with Gasteiger partial charge in [0.25, 0.3) is 0 Å². The van der Waals surface area contributed by atoms with E-state index in [0.717, 1.165) is 41.4 Å². The molecular formula is C25H19NO2. The molecule has 1 aliphatic heterocycles. The number of hydrogen-bond donors (Lipinski definition) is 0. The number of allylic oxidation sites excluding steroid dienone is 1. The smallest absolute Gasteiger partial charge is 0.150 e. The Morgan fingerprint density at radius 2 is 1.43 bits per heavy atom. The highest BCUT2D eigenvalue weighted by atomic mass is 16.1. The third-order valence-corrected chi connectivity index (χ3v) is 4.91. The highest BCUT2D eigenvalue weighted by Gasteiger charge is 2.20. The predicted molar refractivity (Wildman–Crippen MR) is 112 cm³/mol. The Hall–Kier alpha value is -3.59. The summed E-state index contributed by atoms with van der Waals surface area (Å²) in [6, 6.07) is 25.2.